The zero-order chi connectivity index (χ0) is 16.1. The van der Waals surface area contributed by atoms with Gasteiger partial charge in [0.1, 0.15) is 11.9 Å². The molecule has 3 rings (SSSR count). The zero-order valence-corrected chi connectivity index (χ0v) is 12.5. The van der Waals surface area contributed by atoms with Gasteiger partial charge in [-0.25, -0.2) is 9.18 Å². The van der Waals surface area contributed by atoms with Crippen molar-refractivity contribution in [2.24, 2.45) is 0 Å². The highest BCUT2D eigenvalue weighted by Gasteiger charge is 2.27. The Labute approximate surface area is 133 Å². The van der Waals surface area contributed by atoms with E-state index in [1.165, 1.54) is 12.1 Å². The van der Waals surface area contributed by atoms with Crippen LogP contribution in [0.1, 0.15) is 12.0 Å². The molecule has 0 saturated carbocycles. The van der Waals surface area contributed by atoms with Crippen LogP contribution < -0.4 is 10.1 Å². The largest absolute Gasteiger partial charge is 0.471 e. The van der Waals surface area contributed by atoms with Crippen LogP contribution in [0.15, 0.2) is 42.6 Å². The predicted octanol–water partition coefficient (Wildman–Crippen LogP) is 1.98. The van der Waals surface area contributed by atoms with Crippen molar-refractivity contribution in [1.29, 1.82) is 0 Å². The first-order chi connectivity index (χ1) is 11.2. The van der Waals surface area contributed by atoms with Crippen LogP contribution in [0.2, 0.25) is 0 Å². The first-order valence-electron chi connectivity index (χ1n) is 7.42. The molecule has 1 aliphatic rings. The molecule has 120 valence electrons. The Balaban J connectivity index is 1.46. The van der Waals surface area contributed by atoms with Crippen LogP contribution in [0.25, 0.3) is 0 Å². The van der Waals surface area contributed by atoms with Crippen molar-refractivity contribution in [2.45, 2.75) is 19.1 Å². The van der Waals surface area contributed by atoms with E-state index in [-0.39, 0.29) is 18.0 Å². The number of hydrogen-bond donors (Lipinski definition) is 1. The third kappa shape index (κ3) is 4.15. The van der Waals surface area contributed by atoms with Crippen LogP contribution in [0.4, 0.5) is 9.18 Å². The van der Waals surface area contributed by atoms with Crippen molar-refractivity contribution in [1.82, 2.24) is 20.4 Å². The van der Waals surface area contributed by atoms with E-state index in [1.807, 2.05) is 0 Å². The molecule has 1 unspecified atom stereocenters. The standard InChI is InChI=1S/C16H17FN4O2/c17-13-5-3-12(4-6-13)10-18-16(22)21-9-7-14(11-21)23-15-2-1-8-19-20-15/h1-6,8,14H,7,9-11H2,(H,18,22). The number of rotatable bonds is 4. The number of ether oxygens (including phenoxy) is 1. The summed E-state index contributed by atoms with van der Waals surface area (Å²) in [5, 5.41) is 10.5. The Morgan fingerprint density at radius 2 is 2.17 bits per heavy atom. The predicted molar refractivity (Wildman–Crippen MR) is 81.3 cm³/mol. The number of hydrogen-bond acceptors (Lipinski definition) is 4. The van der Waals surface area contributed by atoms with Gasteiger partial charge >= 0.3 is 6.03 Å². The van der Waals surface area contributed by atoms with Crippen molar-refractivity contribution in [3.63, 3.8) is 0 Å². The van der Waals surface area contributed by atoms with Crippen LogP contribution >= 0.6 is 0 Å². The lowest BCUT2D eigenvalue weighted by Crippen LogP contribution is -2.39. The molecule has 1 aliphatic heterocycles. The highest BCUT2D eigenvalue weighted by molar-refractivity contribution is 5.74. The average molecular weight is 316 g/mol. The second-order valence-corrected chi connectivity index (χ2v) is 5.32. The van der Waals surface area contributed by atoms with Gasteiger partial charge in [-0.1, -0.05) is 12.1 Å². The summed E-state index contributed by atoms with van der Waals surface area (Å²) in [5.41, 5.74) is 0.853. The van der Waals surface area contributed by atoms with Gasteiger partial charge in [0, 0.05) is 31.8 Å². The third-order valence-electron chi connectivity index (χ3n) is 3.62. The van der Waals surface area contributed by atoms with Gasteiger partial charge in [-0.05, 0) is 23.8 Å². The number of likely N-dealkylation sites (tertiary alicyclic amines) is 1. The van der Waals surface area contributed by atoms with Crippen LogP contribution in [-0.4, -0.2) is 40.3 Å². The van der Waals surface area contributed by atoms with Crippen LogP contribution in [-0.2, 0) is 6.54 Å². The van der Waals surface area contributed by atoms with Gasteiger partial charge in [-0.15, -0.1) is 5.10 Å². The van der Waals surface area contributed by atoms with Crippen molar-refractivity contribution in [3.8, 4) is 5.88 Å². The lowest BCUT2D eigenvalue weighted by Gasteiger charge is -2.17. The molecule has 1 aromatic carbocycles. The molecular weight excluding hydrogens is 299 g/mol. The van der Waals surface area contributed by atoms with E-state index in [1.54, 1.807) is 35.4 Å². The highest BCUT2D eigenvalue weighted by atomic mass is 19.1. The SMILES string of the molecule is O=C(NCc1ccc(F)cc1)N1CCC(Oc2cccnn2)C1. The molecule has 1 atom stereocenters. The molecule has 1 aromatic heterocycles. The second kappa shape index (κ2) is 7.04. The summed E-state index contributed by atoms with van der Waals surface area (Å²) in [6.07, 6.45) is 2.25. The van der Waals surface area contributed by atoms with Gasteiger partial charge in [0.15, 0.2) is 0 Å². The minimum absolute atomic E-state index is 0.0803. The monoisotopic (exact) mass is 316 g/mol. The number of amides is 2. The summed E-state index contributed by atoms with van der Waals surface area (Å²) in [7, 11) is 0. The maximum absolute atomic E-state index is 12.8. The van der Waals surface area contributed by atoms with Gasteiger partial charge in [0.25, 0.3) is 0 Å². The number of nitrogens with zero attached hydrogens (tertiary/aromatic N) is 3. The Bertz CT molecular complexity index is 651. The fourth-order valence-corrected chi connectivity index (χ4v) is 2.42. The van der Waals surface area contributed by atoms with Gasteiger partial charge in [-0.2, -0.15) is 5.10 Å². The molecule has 23 heavy (non-hydrogen) atoms. The number of benzene rings is 1. The molecule has 1 saturated heterocycles. The van der Waals surface area contributed by atoms with Gasteiger partial charge in [-0.3, -0.25) is 0 Å². The van der Waals surface area contributed by atoms with Gasteiger partial charge < -0.3 is 15.0 Å². The molecule has 0 bridgehead atoms. The molecule has 0 spiro atoms. The van der Waals surface area contributed by atoms with E-state index in [2.05, 4.69) is 15.5 Å². The smallest absolute Gasteiger partial charge is 0.317 e. The molecule has 7 heteroatoms. The topological polar surface area (TPSA) is 67.4 Å². The minimum Gasteiger partial charge on any atom is -0.471 e. The Morgan fingerprint density at radius 1 is 1.35 bits per heavy atom. The summed E-state index contributed by atoms with van der Waals surface area (Å²) in [6, 6.07) is 9.40. The number of urea groups is 1. The summed E-state index contributed by atoms with van der Waals surface area (Å²) in [6.45, 7) is 1.50. The van der Waals surface area contributed by atoms with E-state index in [0.717, 1.165) is 12.0 Å². The third-order valence-corrected chi connectivity index (χ3v) is 3.62. The maximum atomic E-state index is 12.8. The first kappa shape index (κ1) is 15.2. The van der Waals surface area contributed by atoms with Crippen molar-refractivity contribution >= 4 is 6.03 Å². The van der Waals surface area contributed by atoms with Crippen LogP contribution in [0.5, 0.6) is 5.88 Å². The molecule has 0 aliphatic carbocycles. The molecule has 2 heterocycles. The minimum atomic E-state index is -0.288. The summed E-state index contributed by atoms with van der Waals surface area (Å²) in [5.74, 6) is 0.176. The lowest BCUT2D eigenvalue weighted by molar-refractivity contribution is 0.182. The van der Waals surface area contributed by atoms with E-state index in [0.29, 0.717) is 25.5 Å². The molecule has 2 aromatic rings. The van der Waals surface area contributed by atoms with Crippen LogP contribution in [0, 0.1) is 5.82 Å². The van der Waals surface area contributed by atoms with Crippen molar-refractivity contribution in [2.75, 3.05) is 13.1 Å². The number of nitrogens with one attached hydrogen (secondary N) is 1. The quantitative estimate of drug-likeness (QED) is 0.936. The number of aromatic nitrogens is 2. The molecule has 2 amide bonds. The summed E-state index contributed by atoms with van der Waals surface area (Å²) < 4.78 is 18.5. The van der Waals surface area contributed by atoms with E-state index >= 15 is 0 Å². The Hall–Kier alpha value is -2.70. The van der Waals surface area contributed by atoms with Gasteiger partial charge in [0.2, 0.25) is 5.88 Å². The molecule has 6 nitrogen and oxygen atoms in total. The van der Waals surface area contributed by atoms with Crippen LogP contribution in [0.3, 0.4) is 0 Å². The van der Waals surface area contributed by atoms with Crippen molar-refractivity contribution < 1.29 is 13.9 Å². The fourth-order valence-electron chi connectivity index (χ4n) is 2.42. The van der Waals surface area contributed by atoms with E-state index in [4.69, 9.17) is 4.74 Å². The van der Waals surface area contributed by atoms with E-state index < -0.39 is 0 Å². The summed E-state index contributed by atoms with van der Waals surface area (Å²) >= 11 is 0. The maximum Gasteiger partial charge on any atom is 0.317 e. The average Bonchev–Trinajstić information content (AvgIpc) is 3.03. The number of carbonyl (C=O) groups excluding carboxylic acids is 1. The molecule has 1 N–H and O–H groups in total. The normalized spacial score (nSPS) is 17.1. The highest BCUT2D eigenvalue weighted by Crippen LogP contribution is 2.15. The first-order valence-corrected chi connectivity index (χ1v) is 7.42. The number of carbonyl (C=O) groups is 1. The zero-order valence-electron chi connectivity index (χ0n) is 12.5. The fraction of sp³-hybridized carbons (Fsp3) is 0.312. The number of halogens is 1. The molecular formula is C16H17FN4O2. The van der Waals surface area contributed by atoms with Gasteiger partial charge in [0.05, 0.1) is 6.54 Å². The Morgan fingerprint density at radius 3 is 2.91 bits per heavy atom. The second-order valence-electron chi connectivity index (χ2n) is 5.32. The summed E-state index contributed by atoms with van der Waals surface area (Å²) in [4.78, 5) is 13.8. The van der Waals surface area contributed by atoms with E-state index in [9.17, 15) is 9.18 Å². The van der Waals surface area contributed by atoms with Crippen molar-refractivity contribution in [3.05, 3.63) is 54.0 Å². The molecule has 1 fully saturated rings. The Kier molecular flexibility index (Phi) is 4.65. The lowest BCUT2D eigenvalue weighted by atomic mass is 10.2. The molecule has 0 radical (unpaired) electrons.